The minimum absolute atomic E-state index is 0.190. The van der Waals surface area contributed by atoms with Crippen LogP contribution in [0.2, 0.25) is 0 Å². The summed E-state index contributed by atoms with van der Waals surface area (Å²) in [6, 6.07) is 5.46. The van der Waals surface area contributed by atoms with E-state index < -0.39 is 12.3 Å². The summed E-state index contributed by atoms with van der Waals surface area (Å²) in [6.07, 6.45) is 6.30. The largest absolute Gasteiger partial charge is 0.445 e. The molecule has 1 aromatic rings. The highest BCUT2D eigenvalue weighted by Gasteiger charge is 2.29. The molecule has 0 amide bonds. The summed E-state index contributed by atoms with van der Waals surface area (Å²) < 4.78 is 19.9. The fraction of sp³-hybridized carbons (Fsp3) is 0.682. The van der Waals surface area contributed by atoms with Gasteiger partial charge in [-0.05, 0) is 68.8 Å². The van der Waals surface area contributed by atoms with Crippen LogP contribution >= 0.6 is 0 Å². The van der Waals surface area contributed by atoms with Crippen LogP contribution in [-0.2, 0) is 9.53 Å². The molecule has 1 aromatic carbocycles. The lowest BCUT2D eigenvalue weighted by atomic mass is 9.87. The number of likely N-dealkylation sites (tertiary alicyclic amines) is 1. The van der Waals surface area contributed by atoms with Gasteiger partial charge in [0.15, 0.2) is 6.23 Å². The lowest BCUT2D eigenvalue weighted by Crippen LogP contribution is -2.43. The molecule has 0 aromatic heterocycles. The van der Waals surface area contributed by atoms with Crippen LogP contribution in [0.4, 0.5) is 10.1 Å². The molecule has 2 aliphatic heterocycles. The van der Waals surface area contributed by atoms with Crippen molar-refractivity contribution in [1.82, 2.24) is 4.90 Å². The minimum atomic E-state index is -0.528. The monoisotopic (exact) mass is 391 g/mol. The summed E-state index contributed by atoms with van der Waals surface area (Å²) in [7, 11) is 0. The molecule has 3 atom stereocenters. The standard InChI is InChI=1S/C22H34FN3O2/c1-3-5-17(4-2)26-12-10-15(11-13-26)18-7-6-16(14-19(18)23)25-20-8-9-21(24)28-22(20)27/h6-7,14-15,17,20-21,25H,3-5,8-13,24H2,1-2H3. The van der Waals surface area contributed by atoms with Crippen molar-refractivity contribution in [3.05, 3.63) is 29.6 Å². The van der Waals surface area contributed by atoms with Gasteiger partial charge in [-0.1, -0.05) is 26.3 Å². The molecule has 5 nitrogen and oxygen atoms in total. The fourth-order valence-corrected chi connectivity index (χ4v) is 4.57. The summed E-state index contributed by atoms with van der Waals surface area (Å²) in [5.74, 6) is -0.292. The molecule has 0 aliphatic carbocycles. The third-order valence-electron chi connectivity index (χ3n) is 6.21. The zero-order valence-corrected chi connectivity index (χ0v) is 17.1. The van der Waals surface area contributed by atoms with E-state index in [1.54, 1.807) is 0 Å². The first-order chi connectivity index (χ1) is 13.5. The molecule has 0 saturated carbocycles. The number of carbonyl (C=O) groups excluding carboxylic acids is 1. The van der Waals surface area contributed by atoms with E-state index in [1.807, 2.05) is 12.1 Å². The first kappa shape index (κ1) is 21.1. The van der Waals surface area contributed by atoms with E-state index >= 15 is 0 Å². The maximum atomic E-state index is 14.8. The van der Waals surface area contributed by atoms with Crippen LogP contribution in [0.25, 0.3) is 0 Å². The number of benzene rings is 1. The number of carbonyl (C=O) groups is 1. The Bertz CT molecular complexity index is 661. The molecule has 0 radical (unpaired) electrons. The van der Waals surface area contributed by atoms with Crippen molar-refractivity contribution in [2.75, 3.05) is 18.4 Å². The number of hydrogen-bond acceptors (Lipinski definition) is 5. The first-order valence-electron chi connectivity index (χ1n) is 10.8. The minimum Gasteiger partial charge on any atom is -0.445 e. The van der Waals surface area contributed by atoms with Crippen molar-refractivity contribution in [3.63, 3.8) is 0 Å². The van der Waals surface area contributed by atoms with Gasteiger partial charge < -0.3 is 15.0 Å². The highest BCUT2D eigenvalue weighted by Crippen LogP contribution is 2.33. The molecule has 2 heterocycles. The zero-order valence-electron chi connectivity index (χ0n) is 17.1. The molecule has 2 fully saturated rings. The second-order valence-corrected chi connectivity index (χ2v) is 8.15. The van der Waals surface area contributed by atoms with E-state index in [4.69, 9.17) is 10.5 Å². The Labute approximate surface area is 167 Å². The van der Waals surface area contributed by atoms with Crippen LogP contribution in [0.3, 0.4) is 0 Å². The van der Waals surface area contributed by atoms with E-state index in [-0.39, 0.29) is 17.7 Å². The number of nitrogens with two attached hydrogens (primary N) is 1. The summed E-state index contributed by atoms with van der Waals surface area (Å²) in [5.41, 5.74) is 7.04. The number of cyclic esters (lactones) is 1. The average molecular weight is 392 g/mol. The summed E-state index contributed by atoms with van der Waals surface area (Å²) in [5, 5.41) is 3.09. The number of ether oxygens (including phenoxy) is 1. The second-order valence-electron chi connectivity index (χ2n) is 8.15. The third kappa shape index (κ3) is 5.03. The molecule has 0 spiro atoms. The molecule has 2 aliphatic rings. The van der Waals surface area contributed by atoms with Gasteiger partial charge in [0.05, 0.1) is 0 Å². The normalized spacial score (nSPS) is 25.4. The Morgan fingerprint density at radius 2 is 2.00 bits per heavy atom. The average Bonchev–Trinajstić information content (AvgIpc) is 2.69. The number of anilines is 1. The van der Waals surface area contributed by atoms with Crippen molar-refractivity contribution < 1.29 is 13.9 Å². The highest BCUT2D eigenvalue weighted by molar-refractivity contribution is 5.80. The smallest absolute Gasteiger partial charge is 0.330 e. The predicted octanol–water partition coefficient (Wildman–Crippen LogP) is 3.99. The quantitative estimate of drug-likeness (QED) is 0.688. The SMILES string of the molecule is CCCC(CC)N1CCC(c2ccc(NC3CCC(N)OC3=O)cc2F)CC1. The Morgan fingerprint density at radius 1 is 1.25 bits per heavy atom. The van der Waals surface area contributed by atoms with Crippen molar-refractivity contribution in [2.24, 2.45) is 5.73 Å². The van der Waals surface area contributed by atoms with E-state index in [0.717, 1.165) is 31.5 Å². The number of nitrogens with zero attached hydrogens (tertiary/aromatic N) is 1. The predicted molar refractivity (Wildman–Crippen MR) is 110 cm³/mol. The lowest BCUT2D eigenvalue weighted by molar-refractivity contribution is -0.154. The second kappa shape index (κ2) is 9.70. The first-order valence-corrected chi connectivity index (χ1v) is 10.8. The van der Waals surface area contributed by atoms with Gasteiger partial charge in [0.1, 0.15) is 11.9 Å². The number of esters is 1. The van der Waals surface area contributed by atoms with Gasteiger partial charge >= 0.3 is 5.97 Å². The summed E-state index contributed by atoms with van der Waals surface area (Å²) in [6.45, 7) is 6.57. The maximum absolute atomic E-state index is 14.8. The molecule has 28 heavy (non-hydrogen) atoms. The molecule has 0 bridgehead atoms. The number of piperidine rings is 1. The Morgan fingerprint density at radius 3 is 2.61 bits per heavy atom. The van der Waals surface area contributed by atoms with Crippen molar-refractivity contribution in [1.29, 1.82) is 0 Å². The van der Waals surface area contributed by atoms with Gasteiger partial charge in [0.25, 0.3) is 0 Å². The highest BCUT2D eigenvalue weighted by atomic mass is 19.1. The van der Waals surface area contributed by atoms with Gasteiger partial charge in [-0.25, -0.2) is 9.18 Å². The number of hydrogen-bond donors (Lipinski definition) is 2. The lowest BCUT2D eigenvalue weighted by Gasteiger charge is -2.37. The fourth-order valence-electron chi connectivity index (χ4n) is 4.57. The van der Waals surface area contributed by atoms with Gasteiger partial charge in [-0.3, -0.25) is 5.73 Å². The molecule has 6 heteroatoms. The summed E-state index contributed by atoms with van der Waals surface area (Å²) >= 11 is 0. The van der Waals surface area contributed by atoms with Gasteiger partial charge in [0.2, 0.25) is 0 Å². The maximum Gasteiger partial charge on any atom is 0.330 e. The zero-order chi connectivity index (χ0) is 20.1. The molecule has 3 unspecified atom stereocenters. The topological polar surface area (TPSA) is 67.6 Å². The van der Waals surface area contributed by atoms with Crippen LogP contribution in [-0.4, -0.2) is 42.3 Å². The summed E-state index contributed by atoms with van der Waals surface area (Å²) in [4.78, 5) is 14.5. The third-order valence-corrected chi connectivity index (χ3v) is 6.21. The van der Waals surface area contributed by atoms with Gasteiger partial charge in [-0.15, -0.1) is 0 Å². The molecular weight excluding hydrogens is 357 g/mol. The molecule has 156 valence electrons. The van der Waals surface area contributed by atoms with E-state index in [2.05, 4.69) is 24.1 Å². The Hall–Kier alpha value is -1.66. The molecular formula is C22H34FN3O2. The van der Waals surface area contributed by atoms with Crippen LogP contribution in [0.5, 0.6) is 0 Å². The van der Waals surface area contributed by atoms with Crippen LogP contribution < -0.4 is 11.1 Å². The molecule has 3 N–H and O–H groups in total. The van der Waals surface area contributed by atoms with Crippen molar-refractivity contribution in [3.8, 4) is 0 Å². The van der Waals surface area contributed by atoms with Gasteiger partial charge in [0, 0.05) is 18.2 Å². The number of nitrogens with one attached hydrogen (secondary N) is 1. The van der Waals surface area contributed by atoms with Crippen LogP contribution in [0.15, 0.2) is 18.2 Å². The van der Waals surface area contributed by atoms with Crippen molar-refractivity contribution in [2.45, 2.75) is 83.0 Å². The Kier molecular flexibility index (Phi) is 7.30. The van der Waals surface area contributed by atoms with Gasteiger partial charge in [-0.2, -0.15) is 0 Å². The number of halogens is 1. The Balaban J connectivity index is 1.58. The van der Waals surface area contributed by atoms with Crippen molar-refractivity contribution >= 4 is 11.7 Å². The molecule has 2 saturated heterocycles. The van der Waals surface area contributed by atoms with Crippen LogP contribution in [0, 0.1) is 5.82 Å². The van der Waals surface area contributed by atoms with E-state index in [0.29, 0.717) is 24.6 Å². The van der Waals surface area contributed by atoms with E-state index in [1.165, 1.54) is 25.3 Å². The van der Waals surface area contributed by atoms with Crippen LogP contribution in [0.1, 0.15) is 70.3 Å². The molecule has 3 rings (SSSR count). The van der Waals surface area contributed by atoms with E-state index in [9.17, 15) is 9.18 Å². The number of rotatable bonds is 7.